The maximum atomic E-state index is 12.6. The standard InChI is InChI=1S/C28H32N8O3S2/c1-18-13-19(2)15-21(14-18)29-24(37)17-40-28-31-22-4-3-20(16-23(22)41-28)30-25-32-26(35-5-9-38-10-6-35)34-27(33-25)36-7-11-39-12-8-36/h3-4,13-16H,5-12,17H2,1-2H3,(H,29,37)(H,30,32,33,34). The minimum Gasteiger partial charge on any atom is -0.378 e. The molecule has 0 bridgehead atoms. The number of nitrogens with zero attached hydrogens (tertiary/aromatic N) is 6. The molecular formula is C28H32N8O3S2. The highest BCUT2D eigenvalue weighted by Crippen LogP contribution is 2.32. The average molecular weight is 593 g/mol. The smallest absolute Gasteiger partial charge is 0.234 e. The lowest BCUT2D eigenvalue weighted by atomic mass is 10.1. The Balaban J connectivity index is 1.15. The van der Waals surface area contributed by atoms with Crippen LogP contribution < -0.4 is 20.4 Å². The van der Waals surface area contributed by atoms with Crippen LogP contribution in [0.5, 0.6) is 0 Å². The third-order valence-corrected chi connectivity index (χ3v) is 8.82. The summed E-state index contributed by atoms with van der Waals surface area (Å²) in [5.41, 5.74) is 4.81. The molecule has 2 aliphatic heterocycles. The number of morpholine rings is 2. The van der Waals surface area contributed by atoms with Crippen molar-refractivity contribution in [2.24, 2.45) is 0 Å². The number of nitrogens with one attached hydrogen (secondary N) is 2. The largest absolute Gasteiger partial charge is 0.378 e. The lowest BCUT2D eigenvalue weighted by molar-refractivity contribution is -0.113. The number of amides is 1. The van der Waals surface area contributed by atoms with E-state index in [0.717, 1.165) is 63.2 Å². The molecule has 4 heterocycles. The van der Waals surface area contributed by atoms with E-state index < -0.39 is 0 Å². The molecule has 6 rings (SSSR count). The van der Waals surface area contributed by atoms with Crippen LogP contribution in [0.3, 0.4) is 0 Å². The van der Waals surface area contributed by atoms with Crippen LogP contribution in [0, 0.1) is 13.8 Å². The molecule has 0 atom stereocenters. The third kappa shape index (κ3) is 7.04. The summed E-state index contributed by atoms with van der Waals surface area (Å²) in [6, 6.07) is 12.0. The topological polar surface area (TPSA) is 118 Å². The van der Waals surface area contributed by atoms with Crippen LogP contribution in [0.1, 0.15) is 11.1 Å². The zero-order valence-electron chi connectivity index (χ0n) is 23.1. The monoisotopic (exact) mass is 592 g/mol. The fourth-order valence-corrected chi connectivity index (χ4v) is 6.67. The van der Waals surface area contributed by atoms with E-state index >= 15 is 0 Å². The number of fused-ring (bicyclic) bond motifs is 1. The number of anilines is 5. The normalized spacial score (nSPS) is 15.8. The van der Waals surface area contributed by atoms with Crippen LogP contribution in [-0.2, 0) is 14.3 Å². The molecule has 2 saturated heterocycles. The van der Waals surface area contributed by atoms with E-state index in [9.17, 15) is 4.79 Å². The molecule has 0 saturated carbocycles. The molecular weight excluding hydrogens is 560 g/mol. The highest BCUT2D eigenvalue weighted by Gasteiger charge is 2.21. The summed E-state index contributed by atoms with van der Waals surface area (Å²) in [6.07, 6.45) is 0. The number of benzene rings is 2. The van der Waals surface area contributed by atoms with Crippen molar-refractivity contribution >= 4 is 68.4 Å². The number of hydrogen-bond acceptors (Lipinski definition) is 12. The Kier molecular flexibility index (Phi) is 8.46. The van der Waals surface area contributed by atoms with Gasteiger partial charge < -0.3 is 29.9 Å². The van der Waals surface area contributed by atoms with E-state index in [2.05, 4.69) is 26.5 Å². The Labute approximate surface area is 246 Å². The molecule has 4 aromatic rings. The highest BCUT2D eigenvalue weighted by molar-refractivity contribution is 8.01. The van der Waals surface area contributed by atoms with E-state index in [1.807, 2.05) is 44.2 Å². The van der Waals surface area contributed by atoms with Crippen molar-refractivity contribution in [1.82, 2.24) is 19.9 Å². The quantitative estimate of drug-likeness (QED) is 0.286. The van der Waals surface area contributed by atoms with Gasteiger partial charge in [0.2, 0.25) is 23.8 Å². The molecule has 2 aromatic heterocycles. The van der Waals surface area contributed by atoms with Crippen LogP contribution in [-0.4, -0.2) is 84.2 Å². The van der Waals surface area contributed by atoms with Crippen molar-refractivity contribution in [3.05, 3.63) is 47.5 Å². The summed E-state index contributed by atoms with van der Waals surface area (Å²) in [7, 11) is 0. The predicted molar refractivity (Wildman–Crippen MR) is 164 cm³/mol. The Morgan fingerprint density at radius 2 is 1.49 bits per heavy atom. The molecule has 0 radical (unpaired) electrons. The van der Waals surface area contributed by atoms with Gasteiger partial charge in [0, 0.05) is 37.6 Å². The van der Waals surface area contributed by atoms with Crippen LogP contribution in [0.15, 0.2) is 40.7 Å². The molecule has 41 heavy (non-hydrogen) atoms. The summed E-state index contributed by atoms with van der Waals surface area (Å²) in [5, 5.41) is 6.37. The maximum absolute atomic E-state index is 12.6. The first-order chi connectivity index (χ1) is 20.0. The highest BCUT2D eigenvalue weighted by atomic mass is 32.2. The number of ether oxygens (including phenoxy) is 2. The summed E-state index contributed by atoms with van der Waals surface area (Å²) >= 11 is 3.00. The van der Waals surface area contributed by atoms with E-state index in [4.69, 9.17) is 29.4 Å². The molecule has 2 fully saturated rings. The van der Waals surface area contributed by atoms with Crippen LogP contribution in [0.2, 0.25) is 0 Å². The Bertz CT molecular complexity index is 1480. The summed E-state index contributed by atoms with van der Waals surface area (Å²) in [5.74, 6) is 2.01. The van der Waals surface area contributed by atoms with Crippen LogP contribution >= 0.6 is 23.1 Å². The van der Waals surface area contributed by atoms with Gasteiger partial charge in [0.15, 0.2) is 4.34 Å². The van der Waals surface area contributed by atoms with Crippen LogP contribution in [0.4, 0.5) is 29.2 Å². The number of carbonyl (C=O) groups is 1. The number of hydrogen-bond donors (Lipinski definition) is 2. The Hall–Kier alpha value is -3.52. The van der Waals surface area contributed by atoms with E-state index in [0.29, 0.717) is 44.3 Å². The maximum Gasteiger partial charge on any atom is 0.234 e. The van der Waals surface area contributed by atoms with Gasteiger partial charge in [0.25, 0.3) is 0 Å². The molecule has 11 nitrogen and oxygen atoms in total. The first-order valence-electron chi connectivity index (χ1n) is 13.6. The van der Waals surface area contributed by atoms with E-state index in [1.165, 1.54) is 11.8 Å². The predicted octanol–water partition coefficient (Wildman–Crippen LogP) is 4.25. The zero-order valence-corrected chi connectivity index (χ0v) is 24.7. The van der Waals surface area contributed by atoms with Crippen molar-refractivity contribution in [3.8, 4) is 0 Å². The number of rotatable bonds is 8. The Morgan fingerprint density at radius 3 is 2.12 bits per heavy atom. The summed E-state index contributed by atoms with van der Waals surface area (Å²) < 4.78 is 12.9. The fourth-order valence-electron chi connectivity index (χ4n) is 4.76. The van der Waals surface area contributed by atoms with Crippen LogP contribution in [0.25, 0.3) is 10.2 Å². The third-order valence-electron chi connectivity index (χ3n) is 6.66. The van der Waals surface area contributed by atoms with Gasteiger partial charge in [-0.1, -0.05) is 17.8 Å². The van der Waals surface area contributed by atoms with E-state index in [1.54, 1.807) is 11.3 Å². The van der Waals surface area contributed by atoms with Gasteiger partial charge in [-0.05, 0) is 55.3 Å². The molecule has 2 N–H and O–H groups in total. The molecule has 214 valence electrons. The molecule has 2 aliphatic rings. The van der Waals surface area contributed by atoms with Gasteiger partial charge in [-0.25, -0.2) is 4.98 Å². The summed E-state index contributed by atoms with van der Waals surface area (Å²) in [4.78, 5) is 35.8. The second kappa shape index (κ2) is 12.6. The van der Waals surface area contributed by atoms with Gasteiger partial charge in [0.1, 0.15) is 0 Å². The van der Waals surface area contributed by atoms with Crippen molar-refractivity contribution in [1.29, 1.82) is 0 Å². The molecule has 0 spiro atoms. The van der Waals surface area contributed by atoms with Gasteiger partial charge in [0.05, 0.1) is 42.4 Å². The lowest BCUT2D eigenvalue weighted by Crippen LogP contribution is -2.40. The SMILES string of the molecule is Cc1cc(C)cc(NC(=O)CSc2nc3ccc(Nc4nc(N5CCOCC5)nc(N5CCOCC5)n4)cc3s2)c1. The van der Waals surface area contributed by atoms with Gasteiger partial charge in [-0.15, -0.1) is 11.3 Å². The van der Waals surface area contributed by atoms with Crippen molar-refractivity contribution in [2.75, 3.05) is 78.8 Å². The number of thiazole rings is 1. The minimum atomic E-state index is -0.0522. The number of carbonyl (C=O) groups excluding carboxylic acids is 1. The summed E-state index contributed by atoms with van der Waals surface area (Å²) in [6.45, 7) is 9.60. The second-order valence-electron chi connectivity index (χ2n) is 9.96. The molecule has 2 aromatic carbocycles. The fraction of sp³-hybridized carbons (Fsp3) is 0.393. The minimum absolute atomic E-state index is 0.0522. The number of aromatic nitrogens is 4. The van der Waals surface area contributed by atoms with E-state index in [-0.39, 0.29) is 11.7 Å². The number of aryl methyl sites for hydroxylation is 2. The molecule has 0 aliphatic carbocycles. The van der Waals surface area contributed by atoms with Gasteiger partial charge in [-0.2, -0.15) is 15.0 Å². The first kappa shape index (κ1) is 27.6. The Morgan fingerprint density at radius 1 is 0.854 bits per heavy atom. The second-order valence-corrected chi connectivity index (χ2v) is 12.2. The number of thioether (sulfide) groups is 1. The van der Waals surface area contributed by atoms with Crippen molar-refractivity contribution < 1.29 is 14.3 Å². The molecule has 1 amide bonds. The zero-order chi connectivity index (χ0) is 28.2. The first-order valence-corrected chi connectivity index (χ1v) is 15.4. The van der Waals surface area contributed by atoms with Gasteiger partial charge in [-0.3, -0.25) is 4.79 Å². The molecule has 13 heteroatoms. The van der Waals surface area contributed by atoms with Crippen molar-refractivity contribution in [2.45, 2.75) is 18.2 Å². The molecule has 0 unspecified atom stereocenters. The van der Waals surface area contributed by atoms with Gasteiger partial charge >= 0.3 is 0 Å². The van der Waals surface area contributed by atoms with Crippen molar-refractivity contribution in [3.63, 3.8) is 0 Å². The lowest BCUT2D eigenvalue weighted by Gasteiger charge is -2.30. The average Bonchev–Trinajstić information content (AvgIpc) is 3.39.